The molecule has 9 heteroatoms. The normalized spacial score (nSPS) is 18.2. The molecule has 1 heterocycles. The summed E-state index contributed by atoms with van der Waals surface area (Å²) in [6.45, 7) is 4.97. The lowest BCUT2D eigenvalue weighted by Crippen LogP contribution is -2.44. The zero-order chi connectivity index (χ0) is 21.1. The van der Waals surface area contributed by atoms with Gasteiger partial charge >= 0.3 is 6.18 Å². The highest BCUT2D eigenvalue weighted by Crippen LogP contribution is 2.29. The van der Waals surface area contributed by atoms with E-state index in [9.17, 15) is 13.2 Å². The third-order valence-electron chi connectivity index (χ3n) is 4.71. The van der Waals surface area contributed by atoms with Crippen LogP contribution in [0.2, 0.25) is 0 Å². The van der Waals surface area contributed by atoms with Crippen LogP contribution in [0, 0.1) is 0 Å². The molecule has 0 spiro atoms. The third kappa shape index (κ3) is 8.59. The van der Waals surface area contributed by atoms with E-state index in [4.69, 9.17) is 9.47 Å². The molecule has 0 radical (unpaired) electrons. The predicted octanol–water partition coefficient (Wildman–Crippen LogP) is 2.50. The molecular formula is C20H31F3N4O2. The van der Waals surface area contributed by atoms with E-state index >= 15 is 0 Å². The minimum atomic E-state index is -4.29. The second kappa shape index (κ2) is 12.0. The molecule has 2 N–H and O–H groups in total. The molecular weight excluding hydrogens is 385 g/mol. The lowest BCUT2D eigenvalue weighted by molar-refractivity contribution is -0.137. The minimum Gasteiger partial charge on any atom is -0.382 e. The standard InChI is InChI=1S/C20H31F3N4O2/c1-24-19(25-9-3-11-29-13-12-28-2)26-18-8-10-27(15-18)14-16-4-6-17(7-5-16)20(21,22)23/h4-7,18H,3,8-15H2,1-2H3,(H2,24,25,26). The average molecular weight is 416 g/mol. The minimum absolute atomic E-state index is 0.258. The maximum atomic E-state index is 12.7. The molecule has 0 aliphatic carbocycles. The average Bonchev–Trinajstić information content (AvgIpc) is 3.13. The Hall–Kier alpha value is -1.84. The van der Waals surface area contributed by atoms with Crippen molar-refractivity contribution in [1.82, 2.24) is 15.5 Å². The van der Waals surface area contributed by atoms with Gasteiger partial charge in [-0.1, -0.05) is 12.1 Å². The Morgan fingerprint density at radius 2 is 1.97 bits per heavy atom. The predicted molar refractivity (Wildman–Crippen MR) is 107 cm³/mol. The van der Waals surface area contributed by atoms with Gasteiger partial charge in [-0.2, -0.15) is 13.2 Å². The summed E-state index contributed by atoms with van der Waals surface area (Å²) in [4.78, 5) is 6.48. The number of rotatable bonds is 10. The Kier molecular flexibility index (Phi) is 9.69. The summed E-state index contributed by atoms with van der Waals surface area (Å²) in [6, 6.07) is 5.66. The van der Waals surface area contributed by atoms with Gasteiger partial charge in [0.1, 0.15) is 0 Å². The van der Waals surface area contributed by atoms with Gasteiger partial charge in [0.25, 0.3) is 0 Å². The van der Waals surface area contributed by atoms with Crippen molar-refractivity contribution in [2.45, 2.75) is 31.6 Å². The molecule has 1 aromatic carbocycles. The first-order valence-corrected chi connectivity index (χ1v) is 9.84. The van der Waals surface area contributed by atoms with E-state index in [0.717, 1.165) is 56.1 Å². The molecule has 164 valence electrons. The highest BCUT2D eigenvalue weighted by molar-refractivity contribution is 5.79. The largest absolute Gasteiger partial charge is 0.416 e. The molecule has 6 nitrogen and oxygen atoms in total. The van der Waals surface area contributed by atoms with Crippen LogP contribution < -0.4 is 10.6 Å². The number of aliphatic imine (C=N–C) groups is 1. The van der Waals surface area contributed by atoms with E-state index in [0.29, 0.717) is 26.4 Å². The zero-order valence-corrected chi connectivity index (χ0v) is 17.1. The van der Waals surface area contributed by atoms with Crippen LogP contribution in [-0.4, -0.2) is 70.5 Å². The van der Waals surface area contributed by atoms with E-state index in [1.165, 1.54) is 0 Å². The monoisotopic (exact) mass is 416 g/mol. The highest BCUT2D eigenvalue weighted by atomic mass is 19.4. The molecule has 1 aromatic rings. The van der Waals surface area contributed by atoms with Gasteiger partial charge in [-0.3, -0.25) is 9.89 Å². The number of benzene rings is 1. The van der Waals surface area contributed by atoms with Crippen molar-refractivity contribution in [3.8, 4) is 0 Å². The second-order valence-corrected chi connectivity index (χ2v) is 7.02. The number of hydrogen-bond acceptors (Lipinski definition) is 4. The Morgan fingerprint density at radius 3 is 2.62 bits per heavy atom. The first-order valence-electron chi connectivity index (χ1n) is 9.84. The highest BCUT2D eigenvalue weighted by Gasteiger charge is 2.30. The van der Waals surface area contributed by atoms with Crippen molar-refractivity contribution in [1.29, 1.82) is 0 Å². The summed E-state index contributed by atoms with van der Waals surface area (Å²) in [5.41, 5.74) is 0.274. The van der Waals surface area contributed by atoms with Gasteiger partial charge < -0.3 is 20.1 Å². The summed E-state index contributed by atoms with van der Waals surface area (Å²) in [6.07, 6.45) is -2.46. The van der Waals surface area contributed by atoms with Crippen LogP contribution in [0.25, 0.3) is 0 Å². The Bertz CT molecular complexity index is 623. The lowest BCUT2D eigenvalue weighted by Gasteiger charge is -2.19. The molecule has 0 amide bonds. The lowest BCUT2D eigenvalue weighted by atomic mass is 10.1. The van der Waals surface area contributed by atoms with Gasteiger partial charge in [0.15, 0.2) is 5.96 Å². The number of nitrogens with one attached hydrogen (secondary N) is 2. The van der Waals surface area contributed by atoms with Crippen LogP contribution in [0.3, 0.4) is 0 Å². The number of guanidine groups is 1. The van der Waals surface area contributed by atoms with Crippen LogP contribution in [0.4, 0.5) is 13.2 Å². The number of ether oxygens (including phenoxy) is 2. The van der Waals surface area contributed by atoms with Gasteiger partial charge in [-0.15, -0.1) is 0 Å². The molecule has 1 aliphatic heterocycles. The number of methoxy groups -OCH3 is 1. The summed E-state index contributed by atoms with van der Waals surface area (Å²) in [5.74, 6) is 0.753. The smallest absolute Gasteiger partial charge is 0.382 e. The fourth-order valence-electron chi connectivity index (χ4n) is 3.16. The van der Waals surface area contributed by atoms with Crippen LogP contribution in [0.15, 0.2) is 29.3 Å². The van der Waals surface area contributed by atoms with Gasteiger partial charge in [-0.25, -0.2) is 0 Å². The Labute approximate surface area is 170 Å². The molecule has 2 rings (SSSR count). The number of hydrogen-bond donors (Lipinski definition) is 2. The van der Waals surface area contributed by atoms with E-state index in [1.807, 2.05) is 0 Å². The van der Waals surface area contributed by atoms with E-state index in [2.05, 4.69) is 20.5 Å². The molecule has 29 heavy (non-hydrogen) atoms. The summed E-state index contributed by atoms with van der Waals surface area (Å²) in [7, 11) is 3.38. The topological polar surface area (TPSA) is 58.1 Å². The van der Waals surface area contributed by atoms with Crippen molar-refractivity contribution in [2.24, 2.45) is 4.99 Å². The molecule has 1 aliphatic rings. The molecule has 0 aromatic heterocycles. The number of halogens is 3. The number of nitrogens with zero attached hydrogens (tertiary/aromatic N) is 2. The first kappa shape index (κ1) is 23.4. The van der Waals surface area contributed by atoms with Crippen LogP contribution >= 0.6 is 0 Å². The van der Waals surface area contributed by atoms with E-state index in [1.54, 1.807) is 26.3 Å². The number of likely N-dealkylation sites (tertiary alicyclic amines) is 1. The van der Waals surface area contributed by atoms with Crippen molar-refractivity contribution >= 4 is 5.96 Å². The van der Waals surface area contributed by atoms with Crippen LogP contribution in [-0.2, 0) is 22.2 Å². The molecule has 1 fully saturated rings. The summed E-state index contributed by atoms with van der Waals surface area (Å²) < 4.78 is 48.3. The fourth-order valence-corrected chi connectivity index (χ4v) is 3.16. The second-order valence-electron chi connectivity index (χ2n) is 7.02. The maximum Gasteiger partial charge on any atom is 0.416 e. The third-order valence-corrected chi connectivity index (χ3v) is 4.71. The van der Waals surface area contributed by atoms with Crippen LogP contribution in [0.1, 0.15) is 24.0 Å². The number of alkyl halides is 3. The zero-order valence-electron chi connectivity index (χ0n) is 17.1. The first-order chi connectivity index (χ1) is 13.9. The van der Waals surface area contributed by atoms with Crippen LogP contribution in [0.5, 0.6) is 0 Å². The maximum absolute atomic E-state index is 12.7. The van der Waals surface area contributed by atoms with E-state index in [-0.39, 0.29) is 6.04 Å². The summed E-state index contributed by atoms with van der Waals surface area (Å²) in [5, 5.41) is 6.68. The van der Waals surface area contributed by atoms with Gasteiger partial charge in [0, 0.05) is 53.0 Å². The quantitative estimate of drug-likeness (QED) is 0.349. The molecule has 1 unspecified atom stereocenters. The van der Waals surface area contributed by atoms with Gasteiger partial charge in [0.2, 0.25) is 0 Å². The molecule has 1 saturated heterocycles. The molecule has 1 atom stereocenters. The van der Waals surface area contributed by atoms with E-state index < -0.39 is 11.7 Å². The summed E-state index contributed by atoms with van der Waals surface area (Å²) >= 11 is 0. The SMILES string of the molecule is CN=C(NCCCOCCOC)NC1CCN(Cc2ccc(C(F)(F)F)cc2)C1. The van der Waals surface area contributed by atoms with Crippen molar-refractivity contribution in [3.63, 3.8) is 0 Å². The van der Waals surface area contributed by atoms with Crippen molar-refractivity contribution in [3.05, 3.63) is 35.4 Å². The fraction of sp³-hybridized carbons (Fsp3) is 0.650. The van der Waals surface area contributed by atoms with Gasteiger partial charge in [-0.05, 0) is 30.5 Å². The van der Waals surface area contributed by atoms with Crippen molar-refractivity contribution < 1.29 is 22.6 Å². The molecule has 0 bridgehead atoms. The Balaban J connectivity index is 1.67. The Morgan fingerprint density at radius 1 is 1.21 bits per heavy atom. The van der Waals surface area contributed by atoms with Crippen molar-refractivity contribution in [2.75, 3.05) is 53.6 Å². The van der Waals surface area contributed by atoms with Gasteiger partial charge in [0.05, 0.1) is 18.8 Å². The molecule has 0 saturated carbocycles.